The predicted octanol–water partition coefficient (Wildman–Crippen LogP) is -0.443. The van der Waals surface area contributed by atoms with E-state index in [9.17, 15) is 19.8 Å². The summed E-state index contributed by atoms with van der Waals surface area (Å²) in [5, 5.41) is 22.6. The van der Waals surface area contributed by atoms with Gasteiger partial charge >= 0.3 is 6.09 Å². The number of hydrogen-bond donors (Lipinski definition) is 3. The van der Waals surface area contributed by atoms with E-state index in [4.69, 9.17) is 14.2 Å². The van der Waals surface area contributed by atoms with Crippen LogP contribution in [0.4, 0.5) is 4.79 Å². The van der Waals surface area contributed by atoms with Gasteiger partial charge < -0.3 is 40.3 Å². The molecule has 0 spiro atoms. The maximum absolute atomic E-state index is 11.3. The molecule has 0 bridgehead atoms. The third-order valence-electron chi connectivity index (χ3n) is 4.23. The maximum atomic E-state index is 11.3. The van der Waals surface area contributed by atoms with Gasteiger partial charge in [-0.3, -0.25) is 0 Å². The Balaban J connectivity index is 0.000000289. The number of fused-ring (bicyclic) bond motifs is 1. The second-order valence-electron chi connectivity index (χ2n) is 9.28. The van der Waals surface area contributed by atoms with Crippen molar-refractivity contribution in [3.8, 4) is 0 Å². The van der Waals surface area contributed by atoms with E-state index in [1.807, 2.05) is 27.7 Å². The summed E-state index contributed by atoms with van der Waals surface area (Å²) in [5.41, 5.74) is 3.29. The number of amides is 1. The van der Waals surface area contributed by atoms with E-state index < -0.39 is 35.6 Å². The summed E-state index contributed by atoms with van der Waals surface area (Å²) in [5.74, 6) is -1.69. The summed E-state index contributed by atoms with van der Waals surface area (Å²) in [6, 6.07) is -0.846. The van der Waals surface area contributed by atoms with Gasteiger partial charge in [0.05, 0.1) is 18.1 Å². The van der Waals surface area contributed by atoms with Crippen LogP contribution in [0.1, 0.15) is 61.3 Å². The smallest absolute Gasteiger partial charge is 0.408 e. The van der Waals surface area contributed by atoms with Crippen LogP contribution >= 0.6 is 0 Å². The number of carboxylic acids is 1. The molecule has 1 saturated heterocycles. The van der Waals surface area contributed by atoms with E-state index in [0.717, 1.165) is 0 Å². The summed E-state index contributed by atoms with van der Waals surface area (Å²) < 4.78 is 16.1. The van der Waals surface area contributed by atoms with Crippen molar-refractivity contribution in [2.24, 2.45) is 5.92 Å². The topological polar surface area (TPSA) is 145 Å². The van der Waals surface area contributed by atoms with Crippen LogP contribution in [-0.2, 0) is 19.0 Å². The molecule has 0 aromatic carbocycles. The Morgan fingerprint density at radius 1 is 1.29 bits per heavy atom. The average molecular weight is 405 g/mol. The average Bonchev–Trinajstić information content (AvgIpc) is 2.92. The zero-order chi connectivity index (χ0) is 21.9. The number of aliphatic carboxylic acids is 1. The van der Waals surface area contributed by atoms with Crippen molar-refractivity contribution in [1.82, 2.24) is 5.32 Å². The van der Waals surface area contributed by atoms with Crippen LogP contribution in [0, 0.1) is 5.92 Å². The van der Waals surface area contributed by atoms with Gasteiger partial charge in [0, 0.05) is 6.42 Å². The largest absolute Gasteiger partial charge is 0.548 e. The molecule has 2 rings (SSSR count). The van der Waals surface area contributed by atoms with Crippen molar-refractivity contribution >= 4 is 12.1 Å². The monoisotopic (exact) mass is 404 g/mol. The highest BCUT2D eigenvalue weighted by Crippen LogP contribution is 2.36. The van der Waals surface area contributed by atoms with Crippen molar-refractivity contribution in [1.29, 1.82) is 0 Å². The van der Waals surface area contributed by atoms with Gasteiger partial charge in [-0.1, -0.05) is 13.8 Å². The zero-order valence-electron chi connectivity index (χ0n) is 18.0. The number of aliphatic hydroxyl groups excluding tert-OH is 1. The standard InChI is InChI=1S/C11H21NO4.C8H15NO3/c1-7(2)6-8(9(13)14)12-10(15)16-11(3,4)5;1-8(2)11-6-4(9)3-5(10)7(6)12-8/h7-8H,6H2,1-5H3,(H,12,15)(H,13,14);4-7,10H,3,9H2,1-2H3/t8-;/m0./s1. The molecule has 5 N–H and O–H groups in total. The minimum Gasteiger partial charge on any atom is -0.548 e. The highest BCUT2D eigenvalue weighted by molar-refractivity contribution is 5.78. The maximum Gasteiger partial charge on any atom is 0.408 e. The molecule has 4 unspecified atom stereocenters. The lowest BCUT2D eigenvalue weighted by Gasteiger charge is -2.25. The molecule has 2 fully saturated rings. The number of alkyl carbamates (subject to hydrolysis) is 1. The van der Waals surface area contributed by atoms with Crippen molar-refractivity contribution in [3.63, 3.8) is 0 Å². The molecule has 1 aliphatic heterocycles. The van der Waals surface area contributed by atoms with Gasteiger partial charge in [-0.05, 0) is 47.0 Å². The Hall–Kier alpha value is -1.42. The Morgan fingerprint density at radius 3 is 2.25 bits per heavy atom. The van der Waals surface area contributed by atoms with Gasteiger partial charge in [0.25, 0.3) is 0 Å². The molecule has 2 aliphatic rings. The summed E-state index contributed by atoms with van der Waals surface area (Å²) >= 11 is 0. The molecule has 1 aliphatic carbocycles. The lowest BCUT2D eigenvalue weighted by molar-refractivity contribution is -0.436. The van der Waals surface area contributed by atoms with Crippen molar-refractivity contribution in [3.05, 3.63) is 0 Å². The summed E-state index contributed by atoms with van der Waals surface area (Å²) in [4.78, 5) is 22.1. The second-order valence-corrected chi connectivity index (χ2v) is 9.28. The van der Waals surface area contributed by atoms with Crippen LogP contribution in [-0.4, -0.2) is 59.0 Å². The summed E-state index contributed by atoms with van der Waals surface area (Å²) in [7, 11) is 0. The number of rotatable bonds is 4. The van der Waals surface area contributed by atoms with Crippen LogP contribution in [0.5, 0.6) is 0 Å². The molecule has 1 amide bonds. The number of quaternary nitrogens is 1. The lowest BCUT2D eigenvalue weighted by atomic mass is 10.0. The number of aliphatic hydroxyl groups is 1. The normalized spacial score (nSPS) is 29.5. The molecule has 28 heavy (non-hydrogen) atoms. The molecule has 9 nitrogen and oxygen atoms in total. The molecule has 0 radical (unpaired) electrons. The van der Waals surface area contributed by atoms with Crippen molar-refractivity contribution in [2.75, 3.05) is 0 Å². The number of carboxylic acid groups (broad SMARTS) is 1. The predicted molar refractivity (Wildman–Crippen MR) is 98.7 cm³/mol. The second kappa shape index (κ2) is 9.39. The fourth-order valence-electron chi connectivity index (χ4n) is 3.19. The SMILES string of the molecule is CC(C)C[C@H](NC(=O)OC(C)(C)C)C(=O)[O-].CC1(C)OC2C([NH3+])CC(O)C2O1. The first-order chi connectivity index (χ1) is 12.6. The highest BCUT2D eigenvalue weighted by Gasteiger charge is 2.54. The molecule has 0 aromatic rings. The van der Waals surface area contributed by atoms with E-state index in [2.05, 4.69) is 11.1 Å². The minimum atomic E-state index is -1.29. The minimum absolute atomic E-state index is 0.0185. The Morgan fingerprint density at radius 2 is 1.82 bits per heavy atom. The molecule has 0 aromatic heterocycles. The fraction of sp³-hybridized carbons (Fsp3) is 0.895. The number of hydrogen-bond acceptors (Lipinski definition) is 7. The number of carbonyl (C=O) groups excluding carboxylic acids is 2. The van der Waals surface area contributed by atoms with Crippen molar-refractivity contribution in [2.45, 2.75) is 103 Å². The Bertz CT molecular complexity index is 527. The van der Waals surface area contributed by atoms with Crippen LogP contribution in [0.25, 0.3) is 0 Å². The van der Waals surface area contributed by atoms with Gasteiger partial charge in [-0.25, -0.2) is 4.79 Å². The first-order valence-corrected chi connectivity index (χ1v) is 9.68. The Kier molecular flexibility index (Phi) is 8.25. The number of ether oxygens (including phenoxy) is 3. The van der Waals surface area contributed by atoms with Crippen molar-refractivity contribution < 1.29 is 39.7 Å². The molecular formula is C19H36N2O7. The molecule has 1 heterocycles. The van der Waals surface area contributed by atoms with Gasteiger partial charge in [-0.2, -0.15) is 0 Å². The zero-order valence-corrected chi connectivity index (χ0v) is 18.0. The van der Waals surface area contributed by atoms with E-state index in [1.54, 1.807) is 20.8 Å². The third kappa shape index (κ3) is 7.90. The highest BCUT2D eigenvalue weighted by atomic mass is 16.8. The quantitative estimate of drug-likeness (QED) is 0.576. The molecule has 164 valence electrons. The van der Waals surface area contributed by atoms with E-state index >= 15 is 0 Å². The van der Waals surface area contributed by atoms with E-state index in [1.165, 1.54) is 0 Å². The molecule has 5 atom stereocenters. The van der Waals surface area contributed by atoms with Gasteiger partial charge in [0.1, 0.15) is 23.9 Å². The number of nitrogens with one attached hydrogen (secondary N) is 1. The lowest BCUT2D eigenvalue weighted by Crippen LogP contribution is -2.65. The summed E-state index contributed by atoms with van der Waals surface area (Å²) in [6.07, 6.45) is -0.313. The van der Waals surface area contributed by atoms with E-state index in [-0.39, 0.29) is 24.2 Å². The van der Waals surface area contributed by atoms with E-state index in [0.29, 0.717) is 12.8 Å². The van der Waals surface area contributed by atoms with Gasteiger partial charge in [0.15, 0.2) is 5.79 Å². The number of carbonyl (C=O) groups is 2. The van der Waals surface area contributed by atoms with Crippen LogP contribution in [0.3, 0.4) is 0 Å². The Labute approximate surface area is 166 Å². The first-order valence-electron chi connectivity index (χ1n) is 9.68. The van der Waals surface area contributed by atoms with Crippen LogP contribution in [0.2, 0.25) is 0 Å². The fourth-order valence-corrected chi connectivity index (χ4v) is 3.19. The van der Waals surface area contributed by atoms with Gasteiger partial charge in [-0.15, -0.1) is 0 Å². The molecule has 9 heteroatoms. The third-order valence-corrected chi connectivity index (χ3v) is 4.23. The first kappa shape index (κ1) is 24.6. The van der Waals surface area contributed by atoms with Crippen LogP contribution < -0.4 is 16.2 Å². The summed E-state index contributed by atoms with van der Waals surface area (Å²) in [6.45, 7) is 12.6. The van der Waals surface area contributed by atoms with Crippen LogP contribution in [0.15, 0.2) is 0 Å². The molecular weight excluding hydrogens is 368 g/mol. The van der Waals surface area contributed by atoms with Gasteiger partial charge in [0.2, 0.25) is 0 Å². The molecule has 1 saturated carbocycles.